The van der Waals surface area contributed by atoms with Crippen LogP contribution < -0.4 is 16.6 Å². The van der Waals surface area contributed by atoms with E-state index in [1.54, 1.807) is 0 Å². The summed E-state index contributed by atoms with van der Waals surface area (Å²) in [6, 6.07) is 1.58. The zero-order chi connectivity index (χ0) is 14.3. The summed E-state index contributed by atoms with van der Waals surface area (Å²) in [4.78, 5) is 41.9. The lowest BCUT2D eigenvalue weighted by Crippen LogP contribution is -2.31. The molecule has 0 saturated heterocycles. The van der Waals surface area contributed by atoms with Crippen molar-refractivity contribution in [3.63, 3.8) is 0 Å². The van der Waals surface area contributed by atoms with Gasteiger partial charge < -0.3 is 5.32 Å². The second kappa shape index (κ2) is 4.59. The number of nitrogens with zero attached hydrogens (tertiary/aromatic N) is 2. The highest BCUT2D eigenvalue weighted by molar-refractivity contribution is 5.96. The van der Waals surface area contributed by atoms with Gasteiger partial charge in [-0.05, 0) is 25.8 Å². The molecule has 0 unspecified atom stereocenters. The van der Waals surface area contributed by atoms with Crippen molar-refractivity contribution in [1.82, 2.24) is 19.9 Å². The van der Waals surface area contributed by atoms with E-state index in [2.05, 4.69) is 15.3 Å². The summed E-state index contributed by atoms with van der Waals surface area (Å²) in [6.45, 7) is 2.30. The molecule has 2 aromatic rings. The number of hydrogen-bond acceptors (Lipinski definition) is 4. The van der Waals surface area contributed by atoms with Crippen LogP contribution in [0.25, 0.3) is 11.0 Å². The predicted octanol–water partition coefficient (Wildman–Crippen LogP) is 0.169. The molecule has 1 amide bonds. The molecule has 20 heavy (non-hydrogen) atoms. The van der Waals surface area contributed by atoms with Gasteiger partial charge in [-0.15, -0.1) is 0 Å². The molecule has 0 atom stereocenters. The van der Waals surface area contributed by atoms with E-state index in [0.717, 1.165) is 12.8 Å². The first-order valence-corrected chi connectivity index (χ1v) is 6.54. The van der Waals surface area contributed by atoms with E-state index in [0.29, 0.717) is 17.8 Å². The number of nitrogens with one attached hydrogen (secondary N) is 2. The van der Waals surface area contributed by atoms with E-state index in [1.165, 1.54) is 16.8 Å². The van der Waals surface area contributed by atoms with E-state index >= 15 is 0 Å². The van der Waals surface area contributed by atoms with E-state index < -0.39 is 11.2 Å². The molecule has 1 aliphatic carbocycles. The Morgan fingerprint density at radius 2 is 2.25 bits per heavy atom. The molecule has 2 aromatic heterocycles. The second-order valence-electron chi connectivity index (χ2n) is 4.82. The van der Waals surface area contributed by atoms with Crippen molar-refractivity contribution in [2.45, 2.75) is 25.8 Å². The second-order valence-corrected chi connectivity index (χ2v) is 4.82. The van der Waals surface area contributed by atoms with Crippen LogP contribution in [-0.2, 0) is 0 Å². The average Bonchev–Trinajstić information content (AvgIpc) is 3.23. The molecule has 2 N–H and O–H groups in total. The molecule has 1 fully saturated rings. The lowest BCUT2D eigenvalue weighted by Gasteiger charge is -2.08. The molecular formula is C13H14N4O3. The fourth-order valence-corrected chi connectivity index (χ4v) is 2.20. The third-order valence-corrected chi connectivity index (χ3v) is 3.29. The van der Waals surface area contributed by atoms with Gasteiger partial charge >= 0.3 is 5.69 Å². The van der Waals surface area contributed by atoms with Gasteiger partial charge in [-0.25, -0.2) is 9.78 Å². The number of hydrogen-bond donors (Lipinski definition) is 2. The highest BCUT2D eigenvalue weighted by atomic mass is 16.2. The molecule has 0 bridgehead atoms. The van der Waals surface area contributed by atoms with Gasteiger partial charge in [0, 0.05) is 18.8 Å². The topological polar surface area (TPSA) is 96.8 Å². The van der Waals surface area contributed by atoms with Crippen molar-refractivity contribution in [2.75, 3.05) is 6.54 Å². The Balaban J connectivity index is 2.22. The summed E-state index contributed by atoms with van der Waals surface area (Å²) >= 11 is 0. The average molecular weight is 274 g/mol. The number of carbonyl (C=O) groups excluding carboxylic acids is 1. The molecule has 104 valence electrons. The van der Waals surface area contributed by atoms with Crippen LogP contribution in [0, 0.1) is 0 Å². The Labute approximate surface area is 113 Å². The van der Waals surface area contributed by atoms with Gasteiger partial charge in [0.1, 0.15) is 5.65 Å². The van der Waals surface area contributed by atoms with Gasteiger partial charge in [0.25, 0.3) is 11.5 Å². The lowest BCUT2D eigenvalue weighted by molar-refractivity contribution is 0.0955. The summed E-state index contributed by atoms with van der Waals surface area (Å²) in [7, 11) is 0. The number of fused-ring (bicyclic) bond motifs is 1. The molecule has 7 nitrogen and oxygen atoms in total. The predicted molar refractivity (Wildman–Crippen MR) is 72.9 cm³/mol. The van der Waals surface area contributed by atoms with Crippen LogP contribution in [0.3, 0.4) is 0 Å². The van der Waals surface area contributed by atoms with E-state index in [4.69, 9.17) is 0 Å². The van der Waals surface area contributed by atoms with Gasteiger partial charge in [-0.1, -0.05) is 0 Å². The first-order chi connectivity index (χ1) is 9.61. The van der Waals surface area contributed by atoms with Crippen molar-refractivity contribution >= 4 is 16.9 Å². The molecule has 1 aliphatic rings. The Hall–Kier alpha value is -2.44. The maximum Gasteiger partial charge on any atom is 0.330 e. The molecular weight excluding hydrogens is 260 g/mol. The van der Waals surface area contributed by atoms with Crippen LogP contribution in [0.1, 0.15) is 36.2 Å². The quantitative estimate of drug-likeness (QED) is 0.833. The number of H-pyrrole nitrogens is 1. The third-order valence-electron chi connectivity index (χ3n) is 3.29. The minimum absolute atomic E-state index is 0.102. The number of aromatic amines is 1. The maximum absolute atomic E-state index is 11.9. The third kappa shape index (κ3) is 2.01. The Morgan fingerprint density at radius 3 is 2.90 bits per heavy atom. The van der Waals surface area contributed by atoms with Crippen molar-refractivity contribution in [3.05, 3.63) is 38.7 Å². The van der Waals surface area contributed by atoms with Crippen LogP contribution in [0.2, 0.25) is 0 Å². The molecule has 2 heterocycles. The highest BCUT2D eigenvalue weighted by Gasteiger charge is 2.27. The number of carbonyl (C=O) groups is 1. The largest absolute Gasteiger partial charge is 0.352 e. The van der Waals surface area contributed by atoms with Crippen LogP contribution >= 0.6 is 0 Å². The van der Waals surface area contributed by atoms with Crippen LogP contribution in [0.4, 0.5) is 0 Å². The first kappa shape index (κ1) is 12.6. The number of amides is 1. The minimum atomic E-state index is -0.513. The normalized spacial score (nSPS) is 14.4. The zero-order valence-electron chi connectivity index (χ0n) is 11.0. The lowest BCUT2D eigenvalue weighted by atomic mass is 10.2. The Morgan fingerprint density at radius 1 is 1.50 bits per heavy atom. The molecule has 3 rings (SSSR count). The van der Waals surface area contributed by atoms with E-state index in [9.17, 15) is 14.4 Å². The summed E-state index contributed by atoms with van der Waals surface area (Å²) in [5.74, 6) is -0.287. The zero-order valence-corrected chi connectivity index (χ0v) is 11.0. The fraction of sp³-hybridized carbons (Fsp3) is 0.385. The van der Waals surface area contributed by atoms with Gasteiger partial charge in [-0.3, -0.25) is 19.1 Å². The Bertz CT molecular complexity index is 801. The van der Waals surface area contributed by atoms with Crippen LogP contribution in [0.5, 0.6) is 0 Å². The van der Waals surface area contributed by atoms with E-state index in [-0.39, 0.29) is 17.3 Å². The molecule has 0 aliphatic heterocycles. The summed E-state index contributed by atoms with van der Waals surface area (Å²) in [5.41, 5.74) is -0.302. The summed E-state index contributed by atoms with van der Waals surface area (Å²) in [5, 5.41) is 2.91. The fourth-order valence-electron chi connectivity index (χ4n) is 2.20. The number of rotatable bonds is 3. The van der Waals surface area contributed by atoms with Gasteiger partial charge in [0.2, 0.25) is 0 Å². The molecule has 0 spiro atoms. The first-order valence-electron chi connectivity index (χ1n) is 6.54. The highest BCUT2D eigenvalue weighted by Crippen LogP contribution is 2.34. The number of pyridine rings is 1. The van der Waals surface area contributed by atoms with Gasteiger partial charge in [0.15, 0.2) is 0 Å². The molecule has 1 saturated carbocycles. The monoisotopic (exact) mass is 274 g/mol. The van der Waals surface area contributed by atoms with Crippen molar-refractivity contribution < 1.29 is 4.79 Å². The number of aromatic nitrogens is 3. The summed E-state index contributed by atoms with van der Waals surface area (Å²) < 4.78 is 1.50. The maximum atomic E-state index is 11.9. The van der Waals surface area contributed by atoms with Crippen molar-refractivity contribution in [3.8, 4) is 0 Å². The van der Waals surface area contributed by atoms with Gasteiger partial charge in [-0.2, -0.15) is 0 Å². The molecule has 0 radical (unpaired) electrons. The van der Waals surface area contributed by atoms with Crippen LogP contribution in [0.15, 0.2) is 21.9 Å². The SMILES string of the molecule is CCNC(=O)c1cnc2c(c1)c(=O)[nH]c(=O)n2C1CC1. The van der Waals surface area contributed by atoms with Gasteiger partial charge in [0.05, 0.1) is 10.9 Å². The van der Waals surface area contributed by atoms with Crippen molar-refractivity contribution in [2.24, 2.45) is 0 Å². The van der Waals surface area contributed by atoms with Crippen LogP contribution in [-0.4, -0.2) is 27.0 Å². The van der Waals surface area contributed by atoms with E-state index in [1.807, 2.05) is 6.92 Å². The smallest absolute Gasteiger partial charge is 0.330 e. The minimum Gasteiger partial charge on any atom is -0.352 e. The summed E-state index contributed by atoms with van der Waals surface area (Å²) in [6.07, 6.45) is 3.20. The Kier molecular flexibility index (Phi) is 2.89. The van der Waals surface area contributed by atoms with Crippen molar-refractivity contribution in [1.29, 1.82) is 0 Å². The standard InChI is InChI=1S/C13H14N4O3/c1-2-14-11(18)7-5-9-10(15-6-7)17(8-3-4-8)13(20)16-12(9)19/h5-6,8H,2-4H2,1H3,(H,14,18)(H,16,19,20). The molecule has 0 aromatic carbocycles. The molecule has 7 heteroatoms.